The first-order valence-corrected chi connectivity index (χ1v) is 9.36. The van der Waals surface area contributed by atoms with Gasteiger partial charge in [0.25, 0.3) is 10.1 Å². The van der Waals surface area contributed by atoms with Crippen LogP contribution in [0, 0.1) is 5.92 Å². The van der Waals surface area contributed by atoms with Gasteiger partial charge in [-0.3, -0.25) is 4.55 Å². The summed E-state index contributed by atoms with van der Waals surface area (Å²) >= 11 is 0. The number of rotatable bonds is 4. The molecule has 2 aliphatic rings. The molecule has 1 aliphatic heterocycles. The van der Waals surface area contributed by atoms with Gasteiger partial charge >= 0.3 is 0 Å². The molecule has 0 aromatic carbocycles. The Labute approximate surface area is 126 Å². The molecule has 0 aromatic rings. The zero-order valence-corrected chi connectivity index (χ0v) is 13.3. The zero-order valence-electron chi connectivity index (χ0n) is 12.5. The van der Waals surface area contributed by atoms with Gasteiger partial charge in [-0.1, -0.05) is 0 Å². The lowest BCUT2D eigenvalue weighted by molar-refractivity contribution is 0.0689. The van der Waals surface area contributed by atoms with E-state index in [2.05, 4.69) is 12.2 Å². The van der Waals surface area contributed by atoms with E-state index in [1.807, 2.05) is 0 Å². The van der Waals surface area contributed by atoms with E-state index >= 15 is 0 Å². The molecule has 0 amide bonds. The first-order valence-electron chi connectivity index (χ1n) is 7.86. The summed E-state index contributed by atoms with van der Waals surface area (Å²) in [6, 6.07) is 0.460. The lowest BCUT2D eigenvalue weighted by atomic mass is 9.82. The van der Waals surface area contributed by atoms with Crippen molar-refractivity contribution < 1.29 is 23.2 Å². The predicted octanol–water partition coefficient (Wildman–Crippen LogP) is 0.685. The summed E-state index contributed by atoms with van der Waals surface area (Å²) in [5, 5.41) is 22.1. The lowest BCUT2D eigenvalue weighted by Crippen LogP contribution is -2.49. The van der Waals surface area contributed by atoms with E-state index in [1.165, 1.54) is 0 Å². The Kier molecular flexibility index (Phi) is 5.65. The topological polar surface area (TPSA) is 107 Å². The first kappa shape index (κ1) is 17.1. The Morgan fingerprint density at radius 1 is 1.05 bits per heavy atom. The standard InChI is InChI=1S/C14H27NO5S/c1-9-2-6-12(16)11(15-9)5-3-10-4-7-13(17)14(8-10)21(18,19)20/h9-17H,2-8H2,1H3,(H,18,19,20). The molecule has 0 radical (unpaired) electrons. The molecule has 2 fully saturated rings. The number of nitrogens with one attached hydrogen (secondary N) is 1. The fourth-order valence-electron chi connectivity index (χ4n) is 3.65. The Bertz CT molecular complexity index is 441. The summed E-state index contributed by atoms with van der Waals surface area (Å²) in [6.07, 6.45) is 3.55. The minimum absolute atomic E-state index is 0.0600. The Morgan fingerprint density at radius 2 is 1.71 bits per heavy atom. The van der Waals surface area contributed by atoms with Crippen LogP contribution in [0.25, 0.3) is 0 Å². The van der Waals surface area contributed by atoms with E-state index in [0.717, 1.165) is 32.1 Å². The van der Waals surface area contributed by atoms with Crippen molar-refractivity contribution in [1.29, 1.82) is 0 Å². The zero-order chi connectivity index (χ0) is 15.6. The van der Waals surface area contributed by atoms with Crippen LogP contribution in [-0.4, -0.2) is 52.7 Å². The molecule has 6 unspecified atom stereocenters. The van der Waals surface area contributed by atoms with E-state index in [1.54, 1.807) is 0 Å². The monoisotopic (exact) mass is 321 g/mol. The minimum atomic E-state index is -4.19. The molecule has 4 N–H and O–H groups in total. The molecular formula is C14H27NO5S. The van der Waals surface area contributed by atoms with Crippen molar-refractivity contribution in [2.75, 3.05) is 0 Å². The summed E-state index contributed by atoms with van der Waals surface area (Å²) in [5.74, 6) is 0.173. The highest BCUT2D eigenvalue weighted by Crippen LogP contribution is 2.32. The van der Waals surface area contributed by atoms with Crippen molar-refractivity contribution in [1.82, 2.24) is 5.32 Å². The second-order valence-electron chi connectivity index (χ2n) is 6.70. The Morgan fingerprint density at radius 3 is 2.38 bits per heavy atom. The maximum atomic E-state index is 11.3. The van der Waals surface area contributed by atoms with Crippen molar-refractivity contribution in [2.45, 2.75) is 81.4 Å². The molecule has 1 heterocycles. The molecule has 1 saturated heterocycles. The molecule has 1 saturated carbocycles. The molecule has 7 heteroatoms. The van der Waals surface area contributed by atoms with E-state index in [9.17, 15) is 23.2 Å². The molecule has 21 heavy (non-hydrogen) atoms. The largest absolute Gasteiger partial charge is 0.392 e. The highest BCUT2D eigenvalue weighted by atomic mass is 32.2. The van der Waals surface area contributed by atoms with Gasteiger partial charge in [0.15, 0.2) is 0 Å². The van der Waals surface area contributed by atoms with Crippen LogP contribution in [0.2, 0.25) is 0 Å². The van der Waals surface area contributed by atoms with Crippen molar-refractivity contribution >= 4 is 10.1 Å². The first-order chi connectivity index (χ1) is 9.77. The summed E-state index contributed by atoms with van der Waals surface area (Å²) in [5.41, 5.74) is 0. The highest BCUT2D eigenvalue weighted by molar-refractivity contribution is 7.86. The van der Waals surface area contributed by atoms with Crippen molar-refractivity contribution in [3.63, 3.8) is 0 Å². The maximum Gasteiger partial charge on any atom is 0.270 e. The second-order valence-corrected chi connectivity index (χ2v) is 8.33. The molecule has 0 bridgehead atoms. The average Bonchev–Trinajstić information content (AvgIpc) is 2.40. The summed E-state index contributed by atoms with van der Waals surface area (Å²) < 4.78 is 31.8. The van der Waals surface area contributed by atoms with Crippen LogP contribution >= 0.6 is 0 Å². The van der Waals surface area contributed by atoms with Gasteiger partial charge in [0.2, 0.25) is 0 Å². The van der Waals surface area contributed by atoms with Crippen molar-refractivity contribution in [2.24, 2.45) is 5.92 Å². The third-order valence-corrected chi connectivity index (χ3v) is 6.26. The van der Waals surface area contributed by atoms with Gasteiger partial charge in [-0.2, -0.15) is 8.42 Å². The summed E-state index contributed by atoms with van der Waals surface area (Å²) in [4.78, 5) is 0. The molecule has 6 nitrogen and oxygen atoms in total. The van der Waals surface area contributed by atoms with E-state index < -0.39 is 21.5 Å². The molecule has 1 aliphatic carbocycles. The van der Waals surface area contributed by atoms with Crippen LogP contribution in [0.4, 0.5) is 0 Å². The number of hydrogen-bond acceptors (Lipinski definition) is 5. The van der Waals surface area contributed by atoms with Crippen LogP contribution in [0.1, 0.15) is 51.9 Å². The molecule has 0 aromatic heterocycles. The fraction of sp³-hybridized carbons (Fsp3) is 1.00. The second kappa shape index (κ2) is 6.91. The maximum absolute atomic E-state index is 11.3. The van der Waals surface area contributed by atoms with E-state index in [0.29, 0.717) is 18.9 Å². The fourth-order valence-corrected chi connectivity index (χ4v) is 4.70. The van der Waals surface area contributed by atoms with Gasteiger partial charge < -0.3 is 15.5 Å². The number of hydrogen-bond donors (Lipinski definition) is 4. The molecule has 2 rings (SSSR count). The van der Waals surface area contributed by atoms with Gasteiger partial charge in [-0.15, -0.1) is 0 Å². The Balaban J connectivity index is 1.86. The normalized spacial score (nSPS) is 41.9. The molecule has 0 spiro atoms. The average molecular weight is 321 g/mol. The number of piperidine rings is 1. The minimum Gasteiger partial charge on any atom is -0.392 e. The predicted molar refractivity (Wildman–Crippen MR) is 79.5 cm³/mol. The SMILES string of the molecule is CC1CCC(O)C(CCC2CCC(O)C(S(=O)(=O)O)C2)N1. The lowest BCUT2D eigenvalue weighted by Gasteiger charge is -2.36. The van der Waals surface area contributed by atoms with Crippen LogP contribution in [0.15, 0.2) is 0 Å². The van der Waals surface area contributed by atoms with Crippen molar-refractivity contribution in [3.8, 4) is 0 Å². The van der Waals surface area contributed by atoms with Gasteiger partial charge in [0, 0.05) is 12.1 Å². The van der Waals surface area contributed by atoms with E-state index in [4.69, 9.17) is 0 Å². The van der Waals surface area contributed by atoms with Gasteiger partial charge in [-0.25, -0.2) is 0 Å². The summed E-state index contributed by atoms with van der Waals surface area (Å²) in [6.45, 7) is 2.10. The van der Waals surface area contributed by atoms with E-state index in [-0.39, 0.29) is 18.1 Å². The molecular weight excluding hydrogens is 294 g/mol. The summed E-state index contributed by atoms with van der Waals surface area (Å²) in [7, 11) is -4.19. The third kappa shape index (κ3) is 4.63. The number of aliphatic hydroxyl groups excluding tert-OH is 2. The van der Waals surface area contributed by atoms with Crippen LogP contribution in [-0.2, 0) is 10.1 Å². The van der Waals surface area contributed by atoms with Crippen LogP contribution < -0.4 is 5.32 Å². The van der Waals surface area contributed by atoms with Gasteiger partial charge in [-0.05, 0) is 57.8 Å². The Hall–Kier alpha value is -0.210. The highest BCUT2D eigenvalue weighted by Gasteiger charge is 2.37. The van der Waals surface area contributed by atoms with Crippen LogP contribution in [0.3, 0.4) is 0 Å². The van der Waals surface area contributed by atoms with Crippen molar-refractivity contribution in [3.05, 3.63) is 0 Å². The molecule has 6 atom stereocenters. The third-order valence-electron chi connectivity index (χ3n) is 4.99. The van der Waals surface area contributed by atoms with Gasteiger partial charge in [0.05, 0.1) is 12.2 Å². The smallest absolute Gasteiger partial charge is 0.270 e. The molecule has 124 valence electrons. The van der Waals surface area contributed by atoms with Gasteiger partial charge in [0.1, 0.15) is 5.25 Å². The van der Waals surface area contributed by atoms with Crippen LogP contribution in [0.5, 0.6) is 0 Å². The number of aliphatic hydroxyl groups is 2. The quantitative estimate of drug-likeness (QED) is 0.568.